The summed E-state index contributed by atoms with van der Waals surface area (Å²) in [7, 11) is 0. The number of hydrogen-bond acceptors (Lipinski definition) is 3. The van der Waals surface area contributed by atoms with E-state index in [9.17, 15) is 5.11 Å². The van der Waals surface area contributed by atoms with E-state index in [1.807, 2.05) is 12.1 Å². The van der Waals surface area contributed by atoms with Crippen LogP contribution in [-0.2, 0) is 6.54 Å². The molecule has 102 valence electrons. The van der Waals surface area contributed by atoms with Crippen LogP contribution < -0.4 is 5.32 Å². The van der Waals surface area contributed by atoms with Gasteiger partial charge in [0.1, 0.15) is 5.76 Å². The van der Waals surface area contributed by atoms with Gasteiger partial charge in [0.15, 0.2) is 3.77 Å². The minimum Gasteiger partial charge on any atom is -0.454 e. The molecule has 0 unspecified atom stereocenters. The molecule has 0 spiro atoms. The monoisotopic (exact) mass is 363 g/mol. The Morgan fingerprint density at radius 2 is 2.17 bits per heavy atom. The number of hydrogen-bond donors (Lipinski definition) is 2. The predicted octanol–water partition coefficient (Wildman–Crippen LogP) is 3.31. The average molecular weight is 363 g/mol. The van der Waals surface area contributed by atoms with Crippen LogP contribution in [0.5, 0.6) is 0 Å². The van der Waals surface area contributed by atoms with Crippen molar-refractivity contribution in [1.29, 1.82) is 0 Å². The molecule has 0 radical (unpaired) electrons. The molecule has 18 heavy (non-hydrogen) atoms. The van der Waals surface area contributed by atoms with Crippen molar-refractivity contribution in [2.75, 3.05) is 6.54 Å². The summed E-state index contributed by atoms with van der Waals surface area (Å²) in [5.74, 6) is 1.75. The van der Waals surface area contributed by atoms with Crippen LogP contribution in [0.4, 0.5) is 0 Å². The van der Waals surface area contributed by atoms with Crippen molar-refractivity contribution >= 4 is 22.6 Å². The van der Waals surface area contributed by atoms with Crippen LogP contribution in [0.1, 0.15) is 44.8 Å². The first kappa shape index (κ1) is 14.3. The Morgan fingerprint density at radius 1 is 1.44 bits per heavy atom. The fourth-order valence-corrected chi connectivity index (χ4v) is 3.13. The number of halogens is 1. The van der Waals surface area contributed by atoms with E-state index in [4.69, 9.17) is 4.42 Å². The summed E-state index contributed by atoms with van der Waals surface area (Å²) in [5.41, 5.74) is -0.509. The topological polar surface area (TPSA) is 45.4 Å². The highest BCUT2D eigenvalue weighted by atomic mass is 127. The molecule has 0 saturated heterocycles. The van der Waals surface area contributed by atoms with Gasteiger partial charge in [-0.3, -0.25) is 0 Å². The largest absolute Gasteiger partial charge is 0.454 e. The Morgan fingerprint density at radius 3 is 2.72 bits per heavy atom. The fourth-order valence-electron chi connectivity index (χ4n) is 2.67. The molecule has 1 saturated carbocycles. The molecule has 3 nitrogen and oxygen atoms in total. The highest BCUT2D eigenvalue weighted by molar-refractivity contribution is 14.1. The van der Waals surface area contributed by atoms with Gasteiger partial charge in [-0.15, -0.1) is 0 Å². The minimum atomic E-state index is -0.509. The van der Waals surface area contributed by atoms with Gasteiger partial charge in [0.05, 0.1) is 12.1 Å². The van der Waals surface area contributed by atoms with E-state index in [-0.39, 0.29) is 0 Å². The van der Waals surface area contributed by atoms with Gasteiger partial charge in [0, 0.05) is 6.54 Å². The quantitative estimate of drug-likeness (QED) is 0.789. The van der Waals surface area contributed by atoms with Gasteiger partial charge in [0.25, 0.3) is 0 Å². The van der Waals surface area contributed by atoms with Crippen molar-refractivity contribution in [3.05, 3.63) is 21.7 Å². The lowest BCUT2D eigenvalue weighted by Crippen LogP contribution is -2.43. The first-order valence-electron chi connectivity index (χ1n) is 6.78. The predicted molar refractivity (Wildman–Crippen MR) is 80.3 cm³/mol. The molecule has 0 aromatic carbocycles. The van der Waals surface area contributed by atoms with Crippen molar-refractivity contribution in [1.82, 2.24) is 5.32 Å². The lowest BCUT2D eigenvalue weighted by atomic mass is 9.78. The Kier molecular flexibility index (Phi) is 5.09. The van der Waals surface area contributed by atoms with Crippen LogP contribution in [0.25, 0.3) is 0 Å². The molecule has 1 aliphatic rings. The maximum atomic E-state index is 10.5. The molecule has 1 fully saturated rings. The first-order chi connectivity index (χ1) is 8.61. The van der Waals surface area contributed by atoms with Crippen LogP contribution in [0.15, 0.2) is 16.5 Å². The van der Waals surface area contributed by atoms with Gasteiger partial charge >= 0.3 is 0 Å². The zero-order valence-corrected chi connectivity index (χ0v) is 13.1. The van der Waals surface area contributed by atoms with Crippen LogP contribution in [-0.4, -0.2) is 17.3 Å². The number of furan rings is 1. The molecule has 1 aromatic heterocycles. The highest BCUT2D eigenvalue weighted by Gasteiger charge is 2.32. The number of aliphatic hydroxyl groups is 1. The molecule has 1 aliphatic carbocycles. The molecule has 2 N–H and O–H groups in total. The second-order valence-corrected chi connectivity index (χ2v) is 6.45. The highest BCUT2D eigenvalue weighted by Crippen LogP contribution is 2.33. The summed E-state index contributed by atoms with van der Waals surface area (Å²) in [4.78, 5) is 0. The Labute approximate surface area is 122 Å². The zero-order valence-electron chi connectivity index (χ0n) is 10.9. The van der Waals surface area contributed by atoms with Crippen LogP contribution >= 0.6 is 22.6 Å². The summed E-state index contributed by atoms with van der Waals surface area (Å²) in [6.45, 7) is 3.61. The Bertz CT molecular complexity index is 370. The van der Waals surface area contributed by atoms with Crippen molar-refractivity contribution in [2.45, 2.75) is 51.2 Å². The molecule has 0 amide bonds. The van der Waals surface area contributed by atoms with Gasteiger partial charge in [-0.2, -0.15) is 0 Å². The van der Waals surface area contributed by atoms with E-state index in [1.54, 1.807) is 0 Å². The molecule has 0 aliphatic heterocycles. The zero-order chi connectivity index (χ0) is 13.0. The van der Waals surface area contributed by atoms with E-state index in [2.05, 4.69) is 34.8 Å². The van der Waals surface area contributed by atoms with Crippen molar-refractivity contribution < 1.29 is 9.52 Å². The second-order valence-electron chi connectivity index (χ2n) is 5.39. The van der Waals surface area contributed by atoms with Gasteiger partial charge in [-0.05, 0) is 66.3 Å². The average Bonchev–Trinajstić information content (AvgIpc) is 2.76. The van der Waals surface area contributed by atoms with Gasteiger partial charge in [-0.25, -0.2) is 0 Å². The minimum absolute atomic E-state index is 0.509. The van der Waals surface area contributed by atoms with Gasteiger partial charge in [-0.1, -0.05) is 13.3 Å². The molecular weight excluding hydrogens is 341 g/mol. The van der Waals surface area contributed by atoms with E-state index in [0.29, 0.717) is 13.1 Å². The van der Waals surface area contributed by atoms with Gasteiger partial charge < -0.3 is 14.8 Å². The fraction of sp³-hybridized carbons (Fsp3) is 0.714. The third-order valence-corrected chi connectivity index (χ3v) is 4.58. The van der Waals surface area contributed by atoms with E-state index in [0.717, 1.165) is 41.1 Å². The Hall–Kier alpha value is -0.0700. The van der Waals surface area contributed by atoms with Crippen LogP contribution in [0, 0.1) is 9.68 Å². The summed E-state index contributed by atoms with van der Waals surface area (Å²) >= 11 is 2.16. The summed E-state index contributed by atoms with van der Waals surface area (Å²) < 4.78 is 6.39. The molecule has 2 rings (SSSR count). The van der Waals surface area contributed by atoms with Crippen molar-refractivity contribution in [3.8, 4) is 0 Å². The first-order valence-corrected chi connectivity index (χ1v) is 7.86. The van der Waals surface area contributed by atoms with E-state index in [1.165, 1.54) is 6.42 Å². The maximum Gasteiger partial charge on any atom is 0.164 e. The lowest BCUT2D eigenvalue weighted by Gasteiger charge is -2.35. The molecule has 0 bridgehead atoms. The second kappa shape index (κ2) is 6.39. The van der Waals surface area contributed by atoms with Crippen LogP contribution in [0.3, 0.4) is 0 Å². The molecule has 1 aromatic rings. The van der Waals surface area contributed by atoms with Crippen LogP contribution in [0.2, 0.25) is 0 Å². The molecule has 4 heteroatoms. The SMILES string of the molecule is CCC1CCC(O)(CNCc2ccc(I)o2)CC1. The number of rotatable bonds is 5. The van der Waals surface area contributed by atoms with Crippen molar-refractivity contribution in [3.63, 3.8) is 0 Å². The van der Waals surface area contributed by atoms with Gasteiger partial charge in [0.2, 0.25) is 0 Å². The number of nitrogens with one attached hydrogen (secondary N) is 1. The normalized spacial score (nSPS) is 28.5. The Balaban J connectivity index is 1.73. The van der Waals surface area contributed by atoms with Crippen molar-refractivity contribution in [2.24, 2.45) is 5.92 Å². The molecular formula is C14H22INO2. The standard InChI is InChI=1S/C14H22INO2/c1-2-11-5-7-14(17,8-6-11)10-16-9-12-3-4-13(15)18-12/h3-4,11,16-17H,2,5-10H2,1H3. The third-order valence-electron chi connectivity index (χ3n) is 4.00. The summed E-state index contributed by atoms with van der Waals surface area (Å²) in [6.07, 6.45) is 5.41. The summed E-state index contributed by atoms with van der Waals surface area (Å²) in [5, 5.41) is 13.8. The third kappa shape index (κ3) is 3.96. The van der Waals surface area contributed by atoms with E-state index >= 15 is 0 Å². The smallest absolute Gasteiger partial charge is 0.164 e. The van der Waals surface area contributed by atoms with E-state index < -0.39 is 5.60 Å². The molecule has 0 atom stereocenters. The lowest BCUT2D eigenvalue weighted by molar-refractivity contribution is -0.00907. The maximum absolute atomic E-state index is 10.5. The molecule has 1 heterocycles. The summed E-state index contributed by atoms with van der Waals surface area (Å²) in [6, 6.07) is 3.94.